The molecule has 0 amide bonds. The molecule has 0 atom stereocenters. The molecule has 8 heteroatoms. The Labute approximate surface area is 121 Å². The summed E-state index contributed by atoms with van der Waals surface area (Å²) < 4.78 is 26.8. The second kappa shape index (κ2) is 5.87. The van der Waals surface area contributed by atoms with Crippen LogP contribution in [0.5, 0.6) is 0 Å². The maximum atomic E-state index is 12.0. The molecule has 0 saturated carbocycles. The summed E-state index contributed by atoms with van der Waals surface area (Å²) in [4.78, 5) is 0.820. The summed E-state index contributed by atoms with van der Waals surface area (Å²) in [5.41, 5.74) is 5.46. The summed E-state index contributed by atoms with van der Waals surface area (Å²) in [6.07, 6.45) is 1.95. The van der Waals surface area contributed by atoms with Crippen molar-refractivity contribution in [3.05, 3.63) is 17.0 Å². The van der Waals surface area contributed by atoms with E-state index in [1.165, 1.54) is 6.07 Å². The lowest BCUT2D eigenvalue weighted by Gasteiger charge is -2.21. The van der Waals surface area contributed by atoms with Crippen LogP contribution in [-0.2, 0) is 10.0 Å². The van der Waals surface area contributed by atoms with Gasteiger partial charge in [-0.2, -0.15) is 11.8 Å². The molecule has 3 N–H and O–H groups in total. The maximum Gasteiger partial charge on any atom is 0.250 e. The largest absolute Gasteiger partial charge is 0.389 e. The summed E-state index contributed by atoms with van der Waals surface area (Å²) in [7, 11) is -3.48. The van der Waals surface area contributed by atoms with Crippen molar-refractivity contribution in [3.63, 3.8) is 0 Å². The van der Waals surface area contributed by atoms with Gasteiger partial charge in [0.15, 0.2) is 0 Å². The predicted octanol–water partition coefficient (Wildman–Crippen LogP) is 1.80. The Hall–Kier alpha value is -0.150. The number of sulfonamides is 1. The van der Waals surface area contributed by atoms with E-state index in [2.05, 4.69) is 4.72 Å². The van der Waals surface area contributed by atoms with E-state index in [4.69, 9.17) is 18.0 Å². The summed E-state index contributed by atoms with van der Waals surface area (Å²) in [6, 6.07) is 3.15. The normalized spacial score (nSPS) is 12.6. The third-order valence-electron chi connectivity index (χ3n) is 2.33. The molecule has 0 radical (unpaired) electrons. The van der Waals surface area contributed by atoms with Crippen LogP contribution in [0.2, 0.25) is 0 Å². The molecule has 0 unspecified atom stereocenters. The van der Waals surface area contributed by atoms with Crippen LogP contribution in [0.4, 0.5) is 0 Å². The molecule has 0 bridgehead atoms. The van der Waals surface area contributed by atoms with Crippen LogP contribution in [-0.4, -0.2) is 31.0 Å². The highest BCUT2D eigenvalue weighted by molar-refractivity contribution is 8.00. The quantitative estimate of drug-likeness (QED) is 0.781. The molecule has 0 aliphatic carbocycles. The fraction of sp³-hybridized carbons (Fsp3) is 0.500. The predicted molar refractivity (Wildman–Crippen MR) is 83.0 cm³/mol. The SMILES string of the molecule is CSC(C)(C)CNS(=O)(=O)c1ccc(C(N)=S)s1. The molecule has 0 aliphatic heterocycles. The number of rotatable bonds is 6. The molecule has 0 fully saturated rings. The number of hydrogen-bond donors (Lipinski definition) is 2. The Morgan fingerprint density at radius 2 is 2.17 bits per heavy atom. The van der Waals surface area contributed by atoms with Gasteiger partial charge in [0.1, 0.15) is 9.20 Å². The summed E-state index contributed by atoms with van der Waals surface area (Å²) >= 11 is 7.50. The Bertz CT molecular complexity index is 534. The van der Waals surface area contributed by atoms with Gasteiger partial charge in [-0.3, -0.25) is 0 Å². The van der Waals surface area contributed by atoms with E-state index in [0.717, 1.165) is 11.3 Å². The highest BCUT2D eigenvalue weighted by Gasteiger charge is 2.22. The highest BCUT2D eigenvalue weighted by atomic mass is 32.2. The van der Waals surface area contributed by atoms with E-state index in [1.54, 1.807) is 17.8 Å². The molecular formula is C10H16N2O2S4. The fourth-order valence-electron chi connectivity index (χ4n) is 1.01. The van der Waals surface area contributed by atoms with Gasteiger partial charge in [-0.05, 0) is 32.2 Å². The molecule has 1 rings (SSSR count). The minimum Gasteiger partial charge on any atom is -0.389 e. The molecule has 18 heavy (non-hydrogen) atoms. The van der Waals surface area contributed by atoms with Crippen LogP contribution in [0, 0.1) is 0 Å². The van der Waals surface area contributed by atoms with Crippen molar-refractivity contribution in [3.8, 4) is 0 Å². The van der Waals surface area contributed by atoms with Gasteiger partial charge in [0.25, 0.3) is 0 Å². The van der Waals surface area contributed by atoms with Gasteiger partial charge in [-0.15, -0.1) is 11.3 Å². The molecule has 0 aromatic carbocycles. The van der Waals surface area contributed by atoms with E-state index >= 15 is 0 Å². The van der Waals surface area contributed by atoms with E-state index in [0.29, 0.717) is 11.4 Å². The lowest BCUT2D eigenvalue weighted by atomic mass is 10.2. The fourth-order valence-corrected chi connectivity index (χ4v) is 3.92. The summed E-state index contributed by atoms with van der Waals surface area (Å²) in [6.45, 7) is 4.33. The van der Waals surface area contributed by atoms with E-state index < -0.39 is 10.0 Å². The number of nitrogens with two attached hydrogens (primary N) is 1. The Morgan fingerprint density at radius 3 is 2.61 bits per heavy atom. The zero-order valence-corrected chi connectivity index (χ0v) is 13.7. The summed E-state index contributed by atoms with van der Waals surface area (Å²) in [5, 5.41) is 0. The molecule has 102 valence electrons. The lowest BCUT2D eigenvalue weighted by Crippen LogP contribution is -2.35. The third-order valence-corrected chi connectivity index (χ3v) is 6.94. The Kier molecular flexibility index (Phi) is 5.19. The van der Waals surface area contributed by atoms with Crippen molar-refractivity contribution in [2.45, 2.75) is 22.8 Å². The van der Waals surface area contributed by atoms with Gasteiger partial charge in [0.05, 0.1) is 4.88 Å². The first-order valence-electron chi connectivity index (χ1n) is 5.12. The van der Waals surface area contributed by atoms with Crippen LogP contribution in [0.1, 0.15) is 18.7 Å². The number of hydrogen-bond acceptors (Lipinski definition) is 5. The third kappa shape index (κ3) is 4.20. The van der Waals surface area contributed by atoms with Crippen LogP contribution in [0.15, 0.2) is 16.3 Å². The molecule has 0 aliphatic rings. The van der Waals surface area contributed by atoms with Crippen LogP contribution in [0.3, 0.4) is 0 Å². The average molecular weight is 325 g/mol. The van der Waals surface area contributed by atoms with Crippen molar-refractivity contribution in [2.75, 3.05) is 12.8 Å². The van der Waals surface area contributed by atoms with Crippen molar-refractivity contribution in [1.29, 1.82) is 0 Å². The average Bonchev–Trinajstić information content (AvgIpc) is 2.77. The number of thiocarbonyl (C=S) groups is 1. The highest BCUT2D eigenvalue weighted by Crippen LogP contribution is 2.24. The zero-order valence-electron chi connectivity index (χ0n) is 10.4. The van der Waals surface area contributed by atoms with Gasteiger partial charge in [0.2, 0.25) is 10.0 Å². The number of thiophene rings is 1. The lowest BCUT2D eigenvalue weighted by molar-refractivity contribution is 0.573. The van der Waals surface area contributed by atoms with Gasteiger partial charge >= 0.3 is 0 Å². The van der Waals surface area contributed by atoms with Gasteiger partial charge in [-0.1, -0.05) is 12.2 Å². The van der Waals surface area contributed by atoms with Crippen LogP contribution < -0.4 is 10.5 Å². The van der Waals surface area contributed by atoms with Crippen LogP contribution >= 0.6 is 35.3 Å². The first-order chi connectivity index (χ1) is 8.18. The Balaban J connectivity index is 2.83. The topological polar surface area (TPSA) is 72.2 Å². The second-order valence-corrected chi connectivity index (χ2v) is 9.30. The van der Waals surface area contributed by atoms with E-state index in [-0.39, 0.29) is 13.9 Å². The molecule has 0 saturated heterocycles. The molecular weight excluding hydrogens is 308 g/mol. The number of thioether (sulfide) groups is 1. The van der Waals surface area contributed by atoms with Crippen LogP contribution in [0.25, 0.3) is 0 Å². The number of nitrogens with one attached hydrogen (secondary N) is 1. The maximum absolute atomic E-state index is 12.0. The second-order valence-electron chi connectivity index (χ2n) is 4.27. The van der Waals surface area contributed by atoms with Crippen molar-refractivity contribution < 1.29 is 8.42 Å². The van der Waals surface area contributed by atoms with Crippen molar-refractivity contribution in [2.24, 2.45) is 5.73 Å². The van der Waals surface area contributed by atoms with Gasteiger partial charge in [-0.25, -0.2) is 13.1 Å². The van der Waals surface area contributed by atoms with Gasteiger partial charge in [0, 0.05) is 11.3 Å². The molecule has 1 heterocycles. The first kappa shape index (κ1) is 15.9. The minimum atomic E-state index is -3.48. The van der Waals surface area contributed by atoms with E-state index in [1.807, 2.05) is 20.1 Å². The zero-order chi connectivity index (χ0) is 14.0. The summed E-state index contributed by atoms with van der Waals surface area (Å²) in [5.74, 6) is 0. The minimum absolute atomic E-state index is 0.143. The smallest absolute Gasteiger partial charge is 0.250 e. The monoisotopic (exact) mass is 324 g/mol. The first-order valence-corrected chi connectivity index (χ1v) is 9.06. The molecule has 4 nitrogen and oxygen atoms in total. The van der Waals surface area contributed by atoms with Gasteiger partial charge < -0.3 is 5.73 Å². The van der Waals surface area contributed by atoms with Crippen molar-refractivity contribution >= 4 is 50.3 Å². The van der Waals surface area contributed by atoms with E-state index in [9.17, 15) is 8.42 Å². The molecule has 1 aromatic heterocycles. The molecule has 1 aromatic rings. The molecule has 0 spiro atoms. The van der Waals surface area contributed by atoms with Crippen molar-refractivity contribution in [1.82, 2.24) is 4.72 Å². The Morgan fingerprint density at radius 1 is 1.56 bits per heavy atom. The standard InChI is InChI=1S/C10H16N2O2S4/c1-10(2,16-3)6-12-18(13,14)8-5-4-7(17-8)9(11)15/h4-5,12H,6H2,1-3H3,(H2,11,15).